The average Bonchev–Trinajstić information content (AvgIpc) is 2.81. The van der Waals surface area contributed by atoms with E-state index in [0.29, 0.717) is 17.9 Å². The number of benzene rings is 4. The fraction of sp³-hybridized carbons (Fsp3) is 0.0741. The van der Waals surface area contributed by atoms with Crippen molar-refractivity contribution in [1.82, 2.24) is 0 Å². The Morgan fingerprint density at radius 1 is 0.774 bits per heavy atom. The predicted molar refractivity (Wildman–Crippen MR) is 121 cm³/mol. The molecule has 31 heavy (non-hydrogen) atoms. The summed E-state index contributed by atoms with van der Waals surface area (Å²) < 4.78 is 18.8. The molecule has 0 unspecified atom stereocenters. The van der Waals surface area contributed by atoms with E-state index in [0.717, 1.165) is 23.2 Å². The first-order valence-corrected chi connectivity index (χ1v) is 10.1. The van der Waals surface area contributed by atoms with Gasteiger partial charge in [-0.2, -0.15) is 0 Å². The number of rotatable bonds is 7. The molecule has 0 fully saturated rings. The van der Waals surface area contributed by atoms with E-state index in [-0.39, 0.29) is 11.7 Å². The summed E-state index contributed by atoms with van der Waals surface area (Å²) in [5, 5.41) is 3.02. The summed E-state index contributed by atoms with van der Waals surface area (Å²) in [6.45, 7) is 0.297. The van der Waals surface area contributed by atoms with Gasteiger partial charge in [0.2, 0.25) is 0 Å². The highest BCUT2D eigenvalue weighted by Gasteiger charge is 2.10. The second kappa shape index (κ2) is 9.72. The van der Waals surface area contributed by atoms with Crippen LogP contribution in [0.15, 0.2) is 103 Å². The summed E-state index contributed by atoms with van der Waals surface area (Å²) >= 11 is 0. The molecule has 0 saturated heterocycles. The van der Waals surface area contributed by atoms with E-state index in [9.17, 15) is 9.18 Å². The molecule has 0 aliphatic rings. The summed E-state index contributed by atoms with van der Waals surface area (Å²) in [4.78, 5) is 12.9. The van der Waals surface area contributed by atoms with Gasteiger partial charge in [-0.05, 0) is 59.5 Å². The SMILES string of the molecule is O=C(Nc1ccccc1Cc1ccccc1)c1cccc(OCc2ccc(F)cc2)c1. The first kappa shape index (κ1) is 20.4. The van der Waals surface area contributed by atoms with E-state index in [1.165, 1.54) is 17.7 Å². The van der Waals surface area contributed by atoms with Crippen LogP contribution in [0, 0.1) is 5.82 Å². The third-order valence-electron chi connectivity index (χ3n) is 4.92. The van der Waals surface area contributed by atoms with E-state index in [1.807, 2.05) is 42.5 Å². The predicted octanol–water partition coefficient (Wildman–Crippen LogP) is 6.25. The maximum atomic E-state index is 13.0. The van der Waals surface area contributed by atoms with Crippen LogP contribution in [0.1, 0.15) is 27.0 Å². The highest BCUT2D eigenvalue weighted by atomic mass is 19.1. The summed E-state index contributed by atoms with van der Waals surface area (Å²) in [5.41, 5.74) is 4.37. The van der Waals surface area contributed by atoms with Gasteiger partial charge < -0.3 is 10.1 Å². The van der Waals surface area contributed by atoms with E-state index < -0.39 is 0 Å². The van der Waals surface area contributed by atoms with Gasteiger partial charge >= 0.3 is 0 Å². The lowest BCUT2D eigenvalue weighted by atomic mass is 10.0. The summed E-state index contributed by atoms with van der Waals surface area (Å²) in [6.07, 6.45) is 0.734. The van der Waals surface area contributed by atoms with Crippen molar-refractivity contribution in [1.29, 1.82) is 0 Å². The molecule has 0 radical (unpaired) electrons. The number of carbonyl (C=O) groups excluding carboxylic acids is 1. The van der Waals surface area contributed by atoms with Gasteiger partial charge in [-0.25, -0.2) is 4.39 Å². The fourth-order valence-electron chi connectivity index (χ4n) is 3.28. The van der Waals surface area contributed by atoms with Crippen LogP contribution in [0.4, 0.5) is 10.1 Å². The van der Waals surface area contributed by atoms with Gasteiger partial charge in [-0.3, -0.25) is 4.79 Å². The van der Waals surface area contributed by atoms with Gasteiger partial charge in [0.1, 0.15) is 18.2 Å². The molecule has 0 aromatic heterocycles. The number of ether oxygens (including phenoxy) is 1. The van der Waals surface area contributed by atoms with Crippen molar-refractivity contribution in [3.05, 3.63) is 131 Å². The van der Waals surface area contributed by atoms with Crippen molar-refractivity contribution in [2.24, 2.45) is 0 Å². The highest BCUT2D eigenvalue weighted by Crippen LogP contribution is 2.21. The minimum Gasteiger partial charge on any atom is -0.489 e. The van der Waals surface area contributed by atoms with Gasteiger partial charge in [0.15, 0.2) is 0 Å². The minimum atomic E-state index is -0.282. The zero-order chi connectivity index (χ0) is 21.5. The number of carbonyl (C=O) groups is 1. The van der Waals surface area contributed by atoms with E-state index in [2.05, 4.69) is 17.4 Å². The van der Waals surface area contributed by atoms with Crippen LogP contribution < -0.4 is 10.1 Å². The average molecular weight is 411 g/mol. The molecule has 4 rings (SSSR count). The number of halogens is 1. The summed E-state index contributed by atoms with van der Waals surface area (Å²) in [5.74, 6) is 0.0947. The quantitative estimate of drug-likeness (QED) is 0.390. The largest absolute Gasteiger partial charge is 0.489 e. The Morgan fingerprint density at radius 2 is 1.52 bits per heavy atom. The molecule has 3 nitrogen and oxygen atoms in total. The lowest BCUT2D eigenvalue weighted by Gasteiger charge is -2.12. The maximum absolute atomic E-state index is 13.0. The molecule has 0 atom stereocenters. The van der Waals surface area contributed by atoms with Gasteiger partial charge in [0, 0.05) is 11.3 Å². The van der Waals surface area contributed by atoms with E-state index in [1.54, 1.807) is 36.4 Å². The zero-order valence-electron chi connectivity index (χ0n) is 16.9. The van der Waals surface area contributed by atoms with E-state index >= 15 is 0 Å². The van der Waals surface area contributed by atoms with Gasteiger partial charge in [0.05, 0.1) is 0 Å². The Bertz CT molecular complexity index is 1160. The Labute approximate surface area is 181 Å². The number of hydrogen-bond acceptors (Lipinski definition) is 2. The van der Waals surface area contributed by atoms with Gasteiger partial charge in [-0.1, -0.05) is 66.7 Å². The molecule has 0 bridgehead atoms. The normalized spacial score (nSPS) is 10.5. The Hall–Kier alpha value is -3.92. The van der Waals surface area contributed by atoms with Crippen molar-refractivity contribution in [2.75, 3.05) is 5.32 Å². The van der Waals surface area contributed by atoms with Crippen molar-refractivity contribution >= 4 is 11.6 Å². The number of hydrogen-bond donors (Lipinski definition) is 1. The molecular formula is C27H22FNO2. The second-order valence-electron chi connectivity index (χ2n) is 7.22. The minimum absolute atomic E-state index is 0.201. The number of amides is 1. The third kappa shape index (κ3) is 5.58. The monoisotopic (exact) mass is 411 g/mol. The van der Waals surface area contributed by atoms with Crippen LogP contribution in [-0.2, 0) is 13.0 Å². The fourth-order valence-corrected chi connectivity index (χ4v) is 3.28. The third-order valence-corrected chi connectivity index (χ3v) is 4.92. The lowest BCUT2D eigenvalue weighted by molar-refractivity contribution is 0.102. The maximum Gasteiger partial charge on any atom is 0.255 e. The zero-order valence-corrected chi connectivity index (χ0v) is 16.9. The van der Waals surface area contributed by atoms with Crippen LogP contribution in [0.5, 0.6) is 5.75 Å². The Kier molecular flexibility index (Phi) is 6.38. The van der Waals surface area contributed by atoms with Crippen LogP contribution in [0.25, 0.3) is 0 Å². The molecule has 4 aromatic carbocycles. The molecule has 0 aliphatic heterocycles. The van der Waals surface area contributed by atoms with Crippen molar-refractivity contribution in [3.8, 4) is 5.75 Å². The molecular weight excluding hydrogens is 389 g/mol. The molecule has 4 heteroatoms. The number of nitrogens with one attached hydrogen (secondary N) is 1. The van der Waals surface area contributed by atoms with Crippen molar-refractivity contribution in [2.45, 2.75) is 13.0 Å². The molecule has 0 aliphatic carbocycles. The highest BCUT2D eigenvalue weighted by molar-refractivity contribution is 6.04. The summed E-state index contributed by atoms with van der Waals surface area (Å²) in [6, 6.07) is 31.1. The topological polar surface area (TPSA) is 38.3 Å². The van der Waals surface area contributed by atoms with Gasteiger partial charge in [-0.15, -0.1) is 0 Å². The molecule has 4 aromatic rings. The van der Waals surface area contributed by atoms with Gasteiger partial charge in [0.25, 0.3) is 5.91 Å². The molecule has 154 valence electrons. The van der Waals surface area contributed by atoms with Crippen molar-refractivity contribution < 1.29 is 13.9 Å². The number of para-hydroxylation sites is 1. The van der Waals surface area contributed by atoms with E-state index in [4.69, 9.17) is 4.74 Å². The molecule has 1 amide bonds. The van der Waals surface area contributed by atoms with Crippen molar-refractivity contribution in [3.63, 3.8) is 0 Å². The second-order valence-corrected chi connectivity index (χ2v) is 7.22. The number of anilines is 1. The molecule has 0 saturated carbocycles. The standard InChI is InChI=1S/C27H22FNO2/c28-24-15-13-21(14-16-24)19-31-25-11-6-10-23(18-25)27(30)29-26-12-5-4-9-22(26)17-20-7-2-1-3-8-20/h1-16,18H,17,19H2,(H,29,30). The Morgan fingerprint density at radius 3 is 2.32 bits per heavy atom. The van der Waals surface area contributed by atoms with Crippen LogP contribution >= 0.6 is 0 Å². The molecule has 1 N–H and O–H groups in total. The van der Waals surface area contributed by atoms with Crippen LogP contribution in [0.2, 0.25) is 0 Å². The van der Waals surface area contributed by atoms with Crippen LogP contribution in [0.3, 0.4) is 0 Å². The first-order valence-electron chi connectivity index (χ1n) is 10.1. The van der Waals surface area contributed by atoms with Crippen LogP contribution in [-0.4, -0.2) is 5.91 Å². The molecule has 0 heterocycles. The first-order chi connectivity index (χ1) is 15.2. The molecule has 0 spiro atoms. The summed E-state index contributed by atoms with van der Waals surface area (Å²) in [7, 11) is 0. The smallest absolute Gasteiger partial charge is 0.255 e. The lowest BCUT2D eigenvalue weighted by Crippen LogP contribution is -2.13. The Balaban J connectivity index is 1.44.